The molecule has 11 nitrogen and oxygen atoms in total. The summed E-state index contributed by atoms with van der Waals surface area (Å²) in [5.74, 6) is -0.0935. The van der Waals surface area contributed by atoms with Gasteiger partial charge in [0.25, 0.3) is 5.91 Å². The van der Waals surface area contributed by atoms with Crippen LogP contribution >= 0.6 is 11.6 Å². The average Bonchev–Trinajstić information content (AvgIpc) is 3.28. The molecule has 3 heterocycles. The predicted molar refractivity (Wildman–Crippen MR) is 126 cm³/mol. The van der Waals surface area contributed by atoms with Crippen LogP contribution in [0.5, 0.6) is 5.88 Å². The molecule has 0 saturated carbocycles. The quantitative estimate of drug-likeness (QED) is 0.325. The van der Waals surface area contributed by atoms with Crippen molar-refractivity contribution in [3.8, 4) is 11.6 Å². The number of rotatable bonds is 9. The first-order valence-corrected chi connectivity index (χ1v) is 10.7. The van der Waals surface area contributed by atoms with E-state index in [1.807, 2.05) is 12.1 Å². The largest absolute Gasteiger partial charge is 0.461 e. The molecule has 0 aliphatic rings. The van der Waals surface area contributed by atoms with Crippen LogP contribution in [-0.2, 0) is 9.53 Å². The molecule has 0 spiro atoms. The molecule has 176 valence electrons. The third kappa shape index (κ3) is 5.22. The van der Waals surface area contributed by atoms with Crippen LogP contribution in [0, 0.1) is 0 Å². The summed E-state index contributed by atoms with van der Waals surface area (Å²) in [5, 5.41) is 17.3. The highest BCUT2D eigenvalue weighted by molar-refractivity contribution is 6.32. The standard InChI is InChI=1S/C22H22ClN7O4/c1-13(10-31)33-11-18(21(32)29-19-7-6-14(24)8-25-19)34-22-15-9-28-30(20(15)26-12-27-22)17-5-3-2-4-16(17)23/h2-9,12-13,18,31H,10-11,24H2,1H3,(H,25,29,32)/t13-,18+/m1/s1. The fraction of sp³-hybridized carbons (Fsp3) is 0.227. The molecule has 0 fully saturated rings. The van der Waals surface area contributed by atoms with Gasteiger partial charge in [-0.1, -0.05) is 23.7 Å². The molecular weight excluding hydrogens is 462 g/mol. The third-order valence-electron chi connectivity index (χ3n) is 4.78. The van der Waals surface area contributed by atoms with Crippen LogP contribution in [0.4, 0.5) is 11.5 Å². The summed E-state index contributed by atoms with van der Waals surface area (Å²) in [7, 11) is 0. The minimum absolute atomic E-state index is 0.133. The van der Waals surface area contributed by atoms with E-state index in [1.165, 1.54) is 18.7 Å². The van der Waals surface area contributed by atoms with E-state index in [1.54, 1.807) is 35.9 Å². The molecule has 2 atom stereocenters. The Balaban J connectivity index is 1.62. The van der Waals surface area contributed by atoms with Gasteiger partial charge in [0.05, 0.1) is 48.1 Å². The number of ether oxygens (including phenoxy) is 2. The Labute approximate surface area is 199 Å². The Kier molecular flexibility index (Phi) is 7.16. The van der Waals surface area contributed by atoms with E-state index in [0.29, 0.717) is 33.2 Å². The molecule has 1 aromatic carbocycles. The van der Waals surface area contributed by atoms with Crippen LogP contribution in [0.1, 0.15) is 6.92 Å². The summed E-state index contributed by atoms with van der Waals surface area (Å²) in [6.07, 6.45) is 2.65. The van der Waals surface area contributed by atoms with E-state index in [9.17, 15) is 9.90 Å². The van der Waals surface area contributed by atoms with Gasteiger partial charge in [0.15, 0.2) is 5.65 Å². The summed E-state index contributed by atoms with van der Waals surface area (Å²) >= 11 is 6.31. The van der Waals surface area contributed by atoms with E-state index in [0.717, 1.165) is 0 Å². The fourth-order valence-corrected chi connectivity index (χ4v) is 3.22. The summed E-state index contributed by atoms with van der Waals surface area (Å²) in [4.78, 5) is 25.5. The number of nitrogens with zero attached hydrogens (tertiary/aromatic N) is 5. The lowest BCUT2D eigenvalue weighted by Gasteiger charge is -2.20. The van der Waals surface area contributed by atoms with E-state index >= 15 is 0 Å². The normalized spacial score (nSPS) is 12.9. The number of nitrogens with one attached hydrogen (secondary N) is 1. The lowest BCUT2D eigenvalue weighted by Crippen LogP contribution is -2.38. The SMILES string of the molecule is C[C@H](CO)OC[C@H](Oc1ncnc2c1cnn2-c1ccccc1Cl)C(=O)Nc1ccc(N)cn1. The molecule has 3 aromatic heterocycles. The van der Waals surface area contributed by atoms with Gasteiger partial charge >= 0.3 is 0 Å². The molecule has 0 bridgehead atoms. The highest BCUT2D eigenvalue weighted by atomic mass is 35.5. The Hall–Kier alpha value is -3.80. The molecule has 12 heteroatoms. The number of hydrogen-bond donors (Lipinski definition) is 3. The van der Waals surface area contributed by atoms with Crippen molar-refractivity contribution >= 4 is 40.0 Å². The summed E-state index contributed by atoms with van der Waals surface area (Å²) < 4.78 is 13.1. The highest BCUT2D eigenvalue weighted by Crippen LogP contribution is 2.27. The molecule has 0 aliphatic heterocycles. The monoisotopic (exact) mass is 483 g/mol. The first-order valence-electron chi connectivity index (χ1n) is 10.3. The second kappa shape index (κ2) is 10.4. The van der Waals surface area contributed by atoms with Crippen molar-refractivity contribution in [2.75, 3.05) is 24.3 Å². The molecule has 34 heavy (non-hydrogen) atoms. The number of anilines is 2. The minimum Gasteiger partial charge on any atom is -0.461 e. The van der Waals surface area contributed by atoms with Crippen LogP contribution < -0.4 is 15.8 Å². The number of benzene rings is 1. The lowest BCUT2D eigenvalue weighted by molar-refractivity contribution is -0.127. The van der Waals surface area contributed by atoms with E-state index < -0.39 is 18.1 Å². The number of aliphatic hydroxyl groups is 1. The van der Waals surface area contributed by atoms with E-state index in [4.69, 9.17) is 26.8 Å². The van der Waals surface area contributed by atoms with Crippen molar-refractivity contribution in [1.82, 2.24) is 24.7 Å². The van der Waals surface area contributed by atoms with Crippen LogP contribution in [0.3, 0.4) is 0 Å². The minimum atomic E-state index is -1.12. The van der Waals surface area contributed by atoms with Gasteiger partial charge in [-0.3, -0.25) is 4.79 Å². The number of nitrogens with two attached hydrogens (primary N) is 1. The summed E-state index contributed by atoms with van der Waals surface area (Å²) in [5.41, 5.74) is 7.19. The van der Waals surface area contributed by atoms with Gasteiger partial charge in [0.1, 0.15) is 17.5 Å². The number of fused-ring (bicyclic) bond motifs is 1. The highest BCUT2D eigenvalue weighted by Gasteiger charge is 2.25. The maximum Gasteiger partial charge on any atom is 0.269 e. The van der Waals surface area contributed by atoms with Crippen molar-refractivity contribution in [2.45, 2.75) is 19.1 Å². The number of carbonyl (C=O) groups excluding carboxylic acids is 1. The number of aromatic nitrogens is 5. The molecule has 4 N–H and O–H groups in total. The molecular formula is C22H22ClN7O4. The third-order valence-corrected chi connectivity index (χ3v) is 5.10. The first-order chi connectivity index (χ1) is 16.5. The Morgan fingerprint density at radius 2 is 2.03 bits per heavy atom. The van der Waals surface area contributed by atoms with Crippen molar-refractivity contribution < 1.29 is 19.4 Å². The zero-order valence-electron chi connectivity index (χ0n) is 18.1. The zero-order chi connectivity index (χ0) is 24.1. The number of halogens is 1. The average molecular weight is 484 g/mol. The number of nitrogen functional groups attached to an aromatic ring is 1. The number of amides is 1. The smallest absolute Gasteiger partial charge is 0.269 e. The number of hydrogen-bond acceptors (Lipinski definition) is 9. The van der Waals surface area contributed by atoms with Crippen LogP contribution in [0.25, 0.3) is 16.7 Å². The number of carbonyl (C=O) groups is 1. The van der Waals surface area contributed by atoms with Gasteiger partial charge in [0, 0.05) is 0 Å². The summed E-state index contributed by atoms with van der Waals surface area (Å²) in [6, 6.07) is 10.4. The van der Waals surface area contributed by atoms with Gasteiger partial charge in [-0.25, -0.2) is 19.6 Å². The molecule has 1 amide bonds. The number of aliphatic hydroxyl groups excluding tert-OH is 1. The second-order valence-corrected chi connectivity index (χ2v) is 7.73. The van der Waals surface area contributed by atoms with Crippen molar-refractivity contribution in [3.63, 3.8) is 0 Å². The van der Waals surface area contributed by atoms with Crippen molar-refractivity contribution in [2.24, 2.45) is 0 Å². The zero-order valence-corrected chi connectivity index (χ0v) is 18.9. The molecule has 0 unspecified atom stereocenters. The van der Waals surface area contributed by atoms with E-state index in [2.05, 4.69) is 25.4 Å². The van der Waals surface area contributed by atoms with Gasteiger partial charge in [-0.15, -0.1) is 0 Å². The topological polar surface area (TPSA) is 150 Å². The first kappa shape index (κ1) is 23.4. The van der Waals surface area contributed by atoms with Gasteiger partial charge in [-0.2, -0.15) is 5.10 Å². The molecule has 4 aromatic rings. The van der Waals surface area contributed by atoms with Gasteiger partial charge in [-0.05, 0) is 31.2 Å². The second-order valence-electron chi connectivity index (χ2n) is 7.32. The van der Waals surface area contributed by atoms with Crippen LogP contribution in [0.15, 0.2) is 55.1 Å². The van der Waals surface area contributed by atoms with Gasteiger partial charge in [0.2, 0.25) is 12.0 Å². The summed E-state index contributed by atoms with van der Waals surface area (Å²) in [6.45, 7) is 1.32. The maximum absolute atomic E-state index is 13.0. The lowest BCUT2D eigenvalue weighted by atomic mass is 10.3. The molecule has 0 saturated heterocycles. The van der Waals surface area contributed by atoms with E-state index in [-0.39, 0.29) is 19.1 Å². The molecule has 0 aliphatic carbocycles. The maximum atomic E-state index is 13.0. The number of pyridine rings is 1. The van der Waals surface area contributed by atoms with Gasteiger partial charge < -0.3 is 25.6 Å². The molecule has 4 rings (SSSR count). The Morgan fingerprint density at radius 1 is 1.21 bits per heavy atom. The Bertz CT molecular complexity index is 1280. The van der Waals surface area contributed by atoms with Crippen molar-refractivity contribution in [1.29, 1.82) is 0 Å². The molecule has 0 radical (unpaired) electrons. The van der Waals surface area contributed by atoms with Crippen molar-refractivity contribution in [3.05, 3.63) is 60.1 Å². The Morgan fingerprint density at radius 3 is 2.76 bits per heavy atom. The number of para-hydroxylation sites is 1. The van der Waals surface area contributed by atoms with Crippen LogP contribution in [0.2, 0.25) is 5.02 Å². The predicted octanol–water partition coefficient (Wildman–Crippen LogP) is 2.23. The van der Waals surface area contributed by atoms with Crippen LogP contribution in [-0.4, -0.2) is 61.2 Å². The fourth-order valence-electron chi connectivity index (χ4n) is 3.00.